The van der Waals surface area contributed by atoms with Crippen molar-refractivity contribution in [3.8, 4) is 6.07 Å². The van der Waals surface area contributed by atoms with Crippen LogP contribution in [0.5, 0.6) is 0 Å². The van der Waals surface area contributed by atoms with Gasteiger partial charge in [0.2, 0.25) is 11.8 Å². The highest BCUT2D eigenvalue weighted by molar-refractivity contribution is 6.05. The molecule has 1 unspecified atom stereocenters. The first-order chi connectivity index (χ1) is 15.9. The van der Waals surface area contributed by atoms with E-state index >= 15 is 4.39 Å². The number of amides is 3. The lowest BCUT2D eigenvalue weighted by atomic mass is 9.87. The third-order valence-corrected chi connectivity index (χ3v) is 7.00. The van der Waals surface area contributed by atoms with Crippen LogP contribution >= 0.6 is 0 Å². The van der Waals surface area contributed by atoms with E-state index in [4.69, 9.17) is 0 Å². The predicted molar refractivity (Wildman–Crippen MR) is 115 cm³/mol. The van der Waals surface area contributed by atoms with E-state index in [-0.39, 0.29) is 42.9 Å². The Morgan fingerprint density at radius 3 is 2.67 bits per heavy atom. The molecule has 4 heterocycles. The number of benzene rings is 1. The topological polar surface area (TPSA) is 109 Å². The summed E-state index contributed by atoms with van der Waals surface area (Å²) in [5.41, 5.74) is 3.19. The Morgan fingerprint density at radius 1 is 1.15 bits per heavy atom. The van der Waals surface area contributed by atoms with E-state index in [0.717, 1.165) is 37.2 Å². The van der Waals surface area contributed by atoms with Crippen molar-refractivity contribution in [3.63, 3.8) is 0 Å². The zero-order valence-corrected chi connectivity index (χ0v) is 18.1. The highest BCUT2D eigenvalue weighted by Gasteiger charge is 2.40. The Balaban J connectivity index is 1.28. The standard InChI is InChI=1S/C24H24FN5O3/c25-19-10-18-16(12-30(24(18)33)21-1-2-22(31)28-23(21)32)9-17(19)14-4-7-29(8-5-14)13-20-15(11-26)3-6-27-20/h3,6,9-10,14,21,27H,1-2,4-5,7-8,12-13H2,(H,28,31,32). The molecule has 2 aromatic rings. The fraction of sp³-hybridized carbons (Fsp3) is 0.417. The van der Waals surface area contributed by atoms with Gasteiger partial charge in [0.15, 0.2) is 0 Å². The molecule has 33 heavy (non-hydrogen) atoms. The summed E-state index contributed by atoms with van der Waals surface area (Å²) >= 11 is 0. The Hall–Kier alpha value is -3.51. The van der Waals surface area contributed by atoms with E-state index in [1.807, 2.05) is 0 Å². The molecule has 1 aromatic carbocycles. The van der Waals surface area contributed by atoms with Crippen LogP contribution < -0.4 is 5.32 Å². The van der Waals surface area contributed by atoms with E-state index in [1.165, 1.54) is 11.0 Å². The van der Waals surface area contributed by atoms with Crippen molar-refractivity contribution in [1.82, 2.24) is 20.1 Å². The summed E-state index contributed by atoms with van der Waals surface area (Å²) in [6.45, 7) is 2.47. The third-order valence-electron chi connectivity index (χ3n) is 7.00. The molecule has 1 atom stereocenters. The number of H-pyrrole nitrogens is 1. The number of hydrogen-bond acceptors (Lipinski definition) is 5. The van der Waals surface area contributed by atoms with Gasteiger partial charge in [-0.15, -0.1) is 0 Å². The van der Waals surface area contributed by atoms with Crippen molar-refractivity contribution < 1.29 is 18.8 Å². The average Bonchev–Trinajstić information content (AvgIpc) is 3.38. The fourth-order valence-electron chi connectivity index (χ4n) is 5.19. The molecule has 3 amide bonds. The molecule has 0 spiro atoms. The molecule has 0 aliphatic carbocycles. The second-order valence-corrected chi connectivity index (χ2v) is 8.96. The second kappa shape index (κ2) is 8.45. The van der Waals surface area contributed by atoms with Crippen molar-refractivity contribution in [1.29, 1.82) is 5.26 Å². The van der Waals surface area contributed by atoms with E-state index in [0.29, 0.717) is 23.2 Å². The van der Waals surface area contributed by atoms with Crippen LogP contribution in [0.25, 0.3) is 0 Å². The van der Waals surface area contributed by atoms with E-state index in [9.17, 15) is 19.6 Å². The zero-order chi connectivity index (χ0) is 23.1. The minimum absolute atomic E-state index is 0.0466. The minimum atomic E-state index is -0.705. The summed E-state index contributed by atoms with van der Waals surface area (Å²) in [7, 11) is 0. The zero-order valence-electron chi connectivity index (χ0n) is 18.1. The number of nitriles is 1. The molecule has 2 fully saturated rings. The molecular weight excluding hydrogens is 425 g/mol. The van der Waals surface area contributed by atoms with Gasteiger partial charge in [-0.3, -0.25) is 24.6 Å². The van der Waals surface area contributed by atoms with Gasteiger partial charge >= 0.3 is 0 Å². The number of piperidine rings is 2. The molecule has 5 rings (SSSR count). The molecule has 2 N–H and O–H groups in total. The van der Waals surface area contributed by atoms with E-state index in [2.05, 4.69) is 21.3 Å². The van der Waals surface area contributed by atoms with Crippen LogP contribution in [0.2, 0.25) is 0 Å². The molecule has 9 heteroatoms. The van der Waals surface area contributed by atoms with Gasteiger partial charge in [0, 0.05) is 37.0 Å². The van der Waals surface area contributed by atoms with Crippen LogP contribution in [0.1, 0.15) is 64.3 Å². The number of fused-ring (bicyclic) bond motifs is 1. The van der Waals surface area contributed by atoms with Crippen LogP contribution in [0.15, 0.2) is 24.4 Å². The minimum Gasteiger partial charge on any atom is -0.363 e. The molecule has 8 nitrogen and oxygen atoms in total. The van der Waals surface area contributed by atoms with Crippen molar-refractivity contribution in [3.05, 3.63) is 58.2 Å². The monoisotopic (exact) mass is 449 g/mol. The van der Waals surface area contributed by atoms with Gasteiger partial charge in [0.25, 0.3) is 5.91 Å². The number of halogens is 1. The van der Waals surface area contributed by atoms with Gasteiger partial charge in [-0.05, 0) is 61.5 Å². The Kier molecular flexibility index (Phi) is 5.46. The number of nitrogens with zero attached hydrogens (tertiary/aromatic N) is 3. The summed E-state index contributed by atoms with van der Waals surface area (Å²) in [4.78, 5) is 43.4. The lowest BCUT2D eigenvalue weighted by Gasteiger charge is -2.32. The van der Waals surface area contributed by atoms with Gasteiger partial charge in [-0.1, -0.05) is 6.07 Å². The maximum atomic E-state index is 15.1. The number of carbonyl (C=O) groups excluding carboxylic acids is 3. The smallest absolute Gasteiger partial charge is 0.255 e. The summed E-state index contributed by atoms with van der Waals surface area (Å²) < 4.78 is 15.1. The highest BCUT2D eigenvalue weighted by atomic mass is 19.1. The summed E-state index contributed by atoms with van der Waals surface area (Å²) in [5, 5.41) is 11.5. The molecular formula is C24H24FN5O3. The predicted octanol–water partition coefficient (Wildman–Crippen LogP) is 2.17. The molecule has 2 saturated heterocycles. The lowest BCUT2D eigenvalue weighted by Crippen LogP contribution is -2.52. The number of aromatic nitrogens is 1. The van der Waals surface area contributed by atoms with Crippen LogP contribution in [-0.4, -0.2) is 51.6 Å². The van der Waals surface area contributed by atoms with Gasteiger partial charge in [0.1, 0.15) is 17.9 Å². The molecule has 1 aromatic heterocycles. The Labute approximate surface area is 190 Å². The first-order valence-electron chi connectivity index (χ1n) is 11.2. The Bertz CT molecular complexity index is 1180. The normalized spacial score (nSPS) is 21.8. The molecule has 0 saturated carbocycles. The first kappa shape index (κ1) is 21.3. The van der Waals surface area contributed by atoms with Gasteiger partial charge < -0.3 is 9.88 Å². The molecule has 3 aliphatic rings. The number of aromatic amines is 1. The van der Waals surface area contributed by atoms with Crippen molar-refractivity contribution in [2.24, 2.45) is 0 Å². The largest absolute Gasteiger partial charge is 0.363 e. The van der Waals surface area contributed by atoms with Gasteiger partial charge in [0.05, 0.1) is 5.56 Å². The summed E-state index contributed by atoms with van der Waals surface area (Å²) in [5.74, 6) is -1.51. The molecule has 3 aliphatic heterocycles. The highest BCUT2D eigenvalue weighted by Crippen LogP contribution is 2.35. The van der Waals surface area contributed by atoms with Crippen LogP contribution in [0.3, 0.4) is 0 Å². The SMILES string of the molecule is N#Cc1cc[nH]c1CN1CCC(c2cc3c(cc2F)C(=O)N(C2CCC(=O)NC2=O)C3)CC1. The van der Waals surface area contributed by atoms with Crippen molar-refractivity contribution in [2.75, 3.05) is 13.1 Å². The number of rotatable bonds is 4. The Morgan fingerprint density at radius 2 is 1.94 bits per heavy atom. The molecule has 0 radical (unpaired) electrons. The maximum Gasteiger partial charge on any atom is 0.255 e. The second-order valence-electron chi connectivity index (χ2n) is 8.96. The van der Waals surface area contributed by atoms with Gasteiger partial charge in [-0.2, -0.15) is 5.26 Å². The fourth-order valence-corrected chi connectivity index (χ4v) is 5.19. The first-order valence-corrected chi connectivity index (χ1v) is 11.2. The number of hydrogen-bond donors (Lipinski definition) is 2. The van der Waals surface area contributed by atoms with Crippen molar-refractivity contribution >= 4 is 17.7 Å². The molecule has 0 bridgehead atoms. The molecule has 170 valence electrons. The number of likely N-dealkylation sites (tertiary alicyclic amines) is 1. The van der Waals surface area contributed by atoms with E-state index < -0.39 is 11.9 Å². The number of carbonyl (C=O) groups is 3. The van der Waals surface area contributed by atoms with E-state index in [1.54, 1.807) is 18.3 Å². The van der Waals surface area contributed by atoms with Gasteiger partial charge in [-0.25, -0.2) is 4.39 Å². The van der Waals surface area contributed by atoms with Crippen LogP contribution in [0.4, 0.5) is 4.39 Å². The number of nitrogens with one attached hydrogen (secondary N) is 2. The number of imide groups is 1. The maximum absolute atomic E-state index is 15.1. The van der Waals surface area contributed by atoms with Crippen LogP contribution in [-0.2, 0) is 22.7 Å². The quantitative estimate of drug-likeness (QED) is 0.696. The summed E-state index contributed by atoms with van der Waals surface area (Å²) in [6.07, 6.45) is 3.80. The van der Waals surface area contributed by atoms with Crippen LogP contribution in [0, 0.1) is 17.1 Å². The summed E-state index contributed by atoms with van der Waals surface area (Å²) in [6, 6.07) is 6.34. The lowest BCUT2D eigenvalue weighted by molar-refractivity contribution is -0.136. The average molecular weight is 449 g/mol. The van der Waals surface area contributed by atoms with Crippen molar-refractivity contribution in [2.45, 2.75) is 50.7 Å². The third kappa shape index (κ3) is 3.91.